The van der Waals surface area contributed by atoms with Crippen LogP contribution in [-0.2, 0) is 23.1 Å². The summed E-state index contributed by atoms with van der Waals surface area (Å²) in [5.41, 5.74) is 5.81. The fourth-order valence-electron chi connectivity index (χ4n) is 3.14. The first-order chi connectivity index (χ1) is 12.3. The Kier molecular flexibility index (Phi) is 6.20. The summed E-state index contributed by atoms with van der Waals surface area (Å²) in [5.74, 6) is 0.295. The topological polar surface area (TPSA) is 26.3 Å². The van der Waals surface area contributed by atoms with Crippen molar-refractivity contribution in [1.29, 1.82) is 0 Å². The summed E-state index contributed by atoms with van der Waals surface area (Å²) in [6.45, 7) is 15.7. The van der Waals surface area contributed by atoms with E-state index >= 15 is 0 Å². The van der Waals surface area contributed by atoms with Crippen molar-refractivity contribution < 1.29 is 9.53 Å². The summed E-state index contributed by atoms with van der Waals surface area (Å²) >= 11 is 0. The van der Waals surface area contributed by atoms with E-state index in [1.165, 1.54) is 29.2 Å². The van der Waals surface area contributed by atoms with E-state index in [0.717, 1.165) is 12.0 Å². The van der Waals surface area contributed by atoms with Crippen LogP contribution in [0.1, 0.15) is 48.6 Å². The largest absolute Gasteiger partial charge is 0.426 e. The van der Waals surface area contributed by atoms with Crippen molar-refractivity contribution in [2.75, 3.05) is 0 Å². The molecule has 136 valence electrons. The predicted octanol–water partition coefficient (Wildman–Crippen LogP) is 5.70. The first-order valence-electron chi connectivity index (χ1n) is 8.93. The second kappa shape index (κ2) is 8.18. The first kappa shape index (κ1) is 19.7. The molecule has 2 rings (SSSR count). The van der Waals surface area contributed by atoms with Gasteiger partial charge in [0.25, 0.3) is 0 Å². The molecule has 2 aromatic rings. The molecule has 0 saturated heterocycles. The third-order valence-corrected chi connectivity index (χ3v) is 4.84. The number of hydrogen-bond acceptors (Lipinski definition) is 2. The maximum atomic E-state index is 11.3. The molecule has 0 N–H and O–H groups in total. The Bertz CT molecular complexity index is 828. The van der Waals surface area contributed by atoms with Crippen molar-refractivity contribution >= 4 is 5.97 Å². The maximum absolute atomic E-state index is 11.3. The van der Waals surface area contributed by atoms with Crippen LogP contribution in [0.25, 0.3) is 0 Å². The summed E-state index contributed by atoms with van der Waals surface area (Å²) in [7, 11) is 0. The fourth-order valence-corrected chi connectivity index (χ4v) is 3.14. The molecule has 0 atom stereocenters. The maximum Gasteiger partial charge on any atom is 0.308 e. The molecule has 0 bridgehead atoms. The number of aryl methyl sites for hydroxylation is 1. The van der Waals surface area contributed by atoms with E-state index < -0.39 is 0 Å². The summed E-state index contributed by atoms with van der Waals surface area (Å²) < 4.78 is 5.34. The van der Waals surface area contributed by atoms with Crippen LogP contribution in [0, 0.1) is 6.92 Å². The molecular weight excluding hydrogens is 320 g/mol. The molecule has 0 aliphatic heterocycles. The zero-order valence-corrected chi connectivity index (χ0v) is 16.3. The van der Waals surface area contributed by atoms with Crippen LogP contribution in [-0.4, -0.2) is 5.97 Å². The number of esters is 1. The SMILES string of the molecule is C=CCc1cc(C(C)(C)c2ccc(OC(C)=O)c(CC=C)c2)ccc1C. The molecule has 0 aliphatic rings. The van der Waals surface area contributed by atoms with Gasteiger partial charge in [0.05, 0.1) is 0 Å². The Morgan fingerprint density at radius 3 is 2.12 bits per heavy atom. The molecule has 0 heterocycles. The number of hydrogen-bond donors (Lipinski definition) is 0. The molecule has 0 radical (unpaired) electrons. The highest BCUT2D eigenvalue weighted by Crippen LogP contribution is 2.35. The van der Waals surface area contributed by atoms with Gasteiger partial charge in [0.2, 0.25) is 0 Å². The van der Waals surface area contributed by atoms with Gasteiger partial charge in [0.15, 0.2) is 0 Å². The number of carbonyl (C=O) groups excluding carboxylic acids is 1. The third kappa shape index (κ3) is 4.32. The molecule has 0 fully saturated rings. The molecule has 0 amide bonds. The normalized spacial score (nSPS) is 11.1. The Morgan fingerprint density at radius 1 is 1.00 bits per heavy atom. The number of rotatable bonds is 7. The van der Waals surface area contributed by atoms with Gasteiger partial charge in [-0.3, -0.25) is 4.79 Å². The lowest BCUT2D eigenvalue weighted by Crippen LogP contribution is -2.20. The highest BCUT2D eigenvalue weighted by Gasteiger charge is 2.25. The van der Waals surface area contributed by atoms with Gasteiger partial charge in [-0.15, -0.1) is 13.2 Å². The van der Waals surface area contributed by atoms with Crippen molar-refractivity contribution in [3.05, 3.63) is 89.5 Å². The molecule has 0 spiro atoms. The van der Waals surface area contributed by atoms with Crippen molar-refractivity contribution in [2.45, 2.75) is 46.0 Å². The molecular formula is C24H28O2. The van der Waals surface area contributed by atoms with E-state index in [1.54, 1.807) is 0 Å². The molecule has 0 aliphatic carbocycles. The molecule has 0 aromatic heterocycles. The number of allylic oxidation sites excluding steroid dienone is 2. The Labute approximate surface area is 157 Å². The van der Waals surface area contributed by atoms with Crippen LogP contribution in [0.3, 0.4) is 0 Å². The fraction of sp³-hybridized carbons (Fsp3) is 0.292. The van der Waals surface area contributed by atoms with Gasteiger partial charge in [-0.2, -0.15) is 0 Å². The Balaban J connectivity index is 2.49. The van der Waals surface area contributed by atoms with Crippen molar-refractivity contribution in [2.24, 2.45) is 0 Å². The average molecular weight is 348 g/mol. The highest BCUT2D eigenvalue weighted by atomic mass is 16.5. The summed E-state index contributed by atoms with van der Waals surface area (Å²) in [4.78, 5) is 11.3. The molecule has 26 heavy (non-hydrogen) atoms. The van der Waals surface area contributed by atoms with E-state index in [-0.39, 0.29) is 11.4 Å². The van der Waals surface area contributed by atoms with Crippen LogP contribution in [0.15, 0.2) is 61.7 Å². The first-order valence-corrected chi connectivity index (χ1v) is 8.93. The second-order valence-electron chi connectivity index (χ2n) is 7.17. The van der Waals surface area contributed by atoms with Crippen LogP contribution in [0.4, 0.5) is 0 Å². The minimum absolute atomic E-state index is 0.172. The van der Waals surface area contributed by atoms with E-state index in [1.807, 2.05) is 24.3 Å². The monoisotopic (exact) mass is 348 g/mol. The average Bonchev–Trinajstić information content (AvgIpc) is 2.58. The van der Waals surface area contributed by atoms with Crippen LogP contribution in [0.5, 0.6) is 5.75 Å². The zero-order chi connectivity index (χ0) is 19.3. The number of ether oxygens (including phenoxy) is 1. The van der Waals surface area contributed by atoms with Crippen LogP contribution < -0.4 is 4.74 Å². The van der Waals surface area contributed by atoms with Gasteiger partial charge in [-0.1, -0.05) is 56.3 Å². The van der Waals surface area contributed by atoms with E-state index in [4.69, 9.17) is 4.74 Å². The van der Waals surface area contributed by atoms with Crippen LogP contribution >= 0.6 is 0 Å². The van der Waals surface area contributed by atoms with Gasteiger partial charge in [-0.05, 0) is 53.6 Å². The summed E-state index contributed by atoms with van der Waals surface area (Å²) in [5, 5.41) is 0. The quantitative estimate of drug-likeness (QED) is 0.364. The molecule has 0 saturated carbocycles. The highest BCUT2D eigenvalue weighted by molar-refractivity contribution is 5.70. The van der Waals surface area contributed by atoms with E-state index in [9.17, 15) is 4.79 Å². The standard InChI is InChI=1S/C24H28O2/c1-7-9-19-15-21(12-11-17(19)3)24(5,6)22-13-14-23(26-18(4)25)20(16-22)10-8-2/h7-8,11-16H,1-2,9-10H2,3-6H3. The van der Waals surface area contributed by atoms with Crippen molar-refractivity contribution in [3.8, 4) is 5.75 Å². The van der Waals surface area contributed by atoms with Crippen molar-refractivity contribution in [1.82, 2.24) is 0 Å². The lowest BCUT2D eigenvalue weighted by molar-refractivity contribution is -0.131. The summed E-state index contributed by atoms with van der Waals surface area (Å²) in [6.07, 6.45) is 5.29. The molecule has 2 heteroatoms. The van der Waals surface area contributed by atoms with Gasteiger partial charge in [0.1, 0.15) is 5.75 Å². The lowest BCUT2D eigenvalue weighted by atomic mass is 9.76. The van der Waals surface area contributed by atoms with Gasteiger partial charge in [0, 0.05) is 12.3 Å². The summed E-state index contributed by atoms with van der Waals surface area (Å²) in [6, 6.07) is 12.7. The van der Waals surface area contributed by atoms with Gasteiger partial charge < -0.3 is 4.74 Å². The van der Waals surface area contributed by atoms with Gasteiger partial charge in [-0.25, -0.2) is 0 Å². The smallest absolute Gasteiger partial charge is 0.308 e. The number of carbonyl (C=O) groups is 1. The Hall–Kier alpha value is -2.61. The van der Waals surface area contributed by atoms with E-state index in [0.29, 0.717) is 12.2 Å². The lowest BCUT2D eigenvalue weighted by Gasteiger charge is -2.28. The number of benzene rings is 2. The second-order valence-corrected chi connectivity index (χ2v) is 7.17. The van der Waals surface area contributed by atoms with Crippen LogP contribution in [0.2, 0.25) is 0 Å². The molecule has 2 nitrogen and oxygen atoms in total. The minimum Gasteiger partial charge on any atom is -0.426 e. The Morgan fingerprint density at radius 2 is 1.54 bits per heavy atom. The molecule has 0 unspecified atom stereocenters. The van der Waals surface area contributed by atoms with Gasteiger partial charge >= 0.3 is 5.97 Å². The van der Waals surface area contributed by atoms with E-state index in [2.05, 4.69) is 58.2 Å². The predicted molar refractivity (Wildman–Crippen MR) is 109 cm³/mol. The third-order valence-electron chi connectivity index (χ3n) is 4.84. The zero-order valence-electron chi connectivity index (χ0n) is 16.3. The minimum atomic E-state index is -0.310. The van der Waals surface area contributed by atoms with Crippen molar-refractivity contribution in [3.63, 3.8) is 0 Å². The molecule has 2 aromatic carbocycles.